The predicted octanol–water partition coefficient (Wildman–Crippen LogP) is 2.60. The van der Waals surface area contributed by atoms with Crippen LogP contribution in [0.1, 0.15) is 11.1 Å². The van der Waals surface area contributed by atoms with Crippen molar-refractivity contribution in [1.82, 2.24) is 0 Å². The Balaban J connectivity index is 2.33. The molecule has 0 saturated heterocycles. The van der Waals surface area contributed by atoms with Crippen molar-refractivity contribution in [2.24, 2.45) is 10.7 Å². The van der Waals surface area contributed by atoms with Crippen molar-refractivity contribution >= 4 is 11.5 Å². The molecule has 2 aromatic carbocycles. The van der Waals surface area contributed by atoms with Gasteiger partial charge in [-0.1, -0.05) is 36.4 Å². The molecule has 0 saturated carbocycles. The zero-order valence-electron chi connectivity index (χ0n) is 9.17. The quantitative estimate of drug-likeness (QED) is 0.625. The van der Waals surface area contributed by atoms with Crippen LogP contribution in [-0.2, 0) is 0 Å². The fourth-order valence-corrected chi connectivity index (χ4v) is 1.46. The molecule has 0 unspecified atom stereocenters. The van der Waals surface area contributed by atoms with Crippen LogP contribution in [0.15, 0.2) is 59.6 Å². The Morgan fingerprint density at radius 3 is 2.53 bits per heavy atom. The first kappa shape index (κ1) is 10.9. The van der Waals surface area contributed by atoms with E-state index in [9.17, 15) is 0 Å². The van der Waals surface area contributed by atoms with Crippen LogP contribution >= 0.6 is 0 Å². The minimum Gasteiger partial charge on any atom is -0.383 e. The topological polar surface area (TPSA) is 62.2 Å². The Labute approximate surface area is 99.8 Å². The molecule has 0 aromatic heterocycles. The van der Waals surface area contributed by atoms with Gasteiger partial charge < -0.3 is 5.73 Å². The Kier molecular flexibility index (Phi) is 3.18. The Bertz CT molecular complexity index is 580. The summed E-state index contributed by atoms with van der Waals surface area (Å²) in [5.74, 6) is 0.445. The second kappa shape index (κ2) is 4.95. The highest BCUT2D eigenvalue weighted by Crippen LogP contribution is 2.14. The number of nitriles is 1. The highest BCUT2D eigenvalue weighted by atomic mass is 14.9. The van der Waals surface area contributed by atoms with Crippen LogP contribution in [-0.4, -0.2) is 5.84 Å². The number of aliphatic imine (C=N–C) groups is 1. The number of rotatable bonds is 2. The number of amidine groups is 1. The first-order valence-corrected chi connectivity index (χ1v) is 5.19. The van der Waals surface area contributed by atoms with E-state index in [4.69, 9.17) is 11.0 Å². The summed E-state index contributed by atoms with van der Waals surface area (Å²) in [6.07, 6.45) is 0. The van der Waals surface area contributed by atoms with Crippen LogP contribution in [0.3, 0.4) is 0 Å². The molecule has 0 aliphatic rings. The lowest BCUT2D eigenvalue weighted by atomic mass is 10.2. The third kappa shape index (κ3) is 2.70. The highest BCUT2D eigenvalue weighted by molar-refractivity contribution is 5.98. The van der Waals surface area contributed by atoms with Crippen LogP contribution in [0.4, 0.5) is 5.69 Å². The second-order valence-corrected chi connectivity index (χ2v) is 3.53. The molecule has 17 heavy (non-hydrogen) atoms. The van der Waals surface area contributed by atoms with Crippen molar-refractivity contribution in [1.29, 1.82) is 5.26 Å². The lowest BCUT2D eigenvalue weighted by Gasteiger charge is -2.00. The second-order valence-electron chi connectivity index (χ2n) is 3.53. The monoisotopic (exact) mass is 221 g/mol. The molecule has 0 fully saturated rings. The molecular weight excluding hydrogens is 210 g/mol. The first-order chi connectivity index (χ1) is 8.29. The Morgan fingerprint density at radius 2 is 1.82 bits per heavy atom. The number of hydrogen-bond acceptors (Lipinski definition) is 2. The first-order valence-electron chi connectivity index (χ1n) is 5.19. The summed E-state index contributed by atoms with van der Waals surface area (Å²) in [5, 5.41) is 8.78. The molecule has 0 aliphatic heterocycles. The maximum absolute atomic E-state index is 8.78. The fraction of sp³-hybridized carbons (Fsp3) is 0. The molecule has 2 aromatic rings. The largest absolute Gasteiger partial charge is 0.383 e. The maximum atomic E-state index is 8.78. The average Bonchev–Trinajstić information content (AvgIpc) is 2.40. The van der Waals surface area contributed by atoms with Crippen molar-refractivity contribution in [3.8, 4) is 6.07 Å². The van der Waals surface area contributed by atoms with Gasteiger partial charge in [0.15, 0.2) is 0 Å². The van der Waals surface area contributed by atoms with Crippen LogP contribution in [0.25, 0.3) is 0 Å². The number of benzene rings is 2. The van der Waals surface area contributed by atoms with E-state index in [1.165, 1.54) is 0 Å². The average molecular weight is 221 g/mol. The van der Waals surface area contributed by atoms with Gasteiger partial charge in [-0.2, -0.15) is 5.26 Å². The molecule has 0 radical (unpaired) electrons. The summed E-state index contributed by atoms with van der Waals surface area (Å²) in [6, 6.07) is 18.6. The fourth-order valence-electron chi connectivity index (χ4n) is 1.46. The van der Waals surface area contributed by atoms with Gasteiger partial charge in [-0.25, -0.2) is 4.99 Å². The van der Waals surface area contributed by atoms with Crippen molar-refractivity contribution in [2.45, 2.75) is 0 Å². The van der Waals surface area contributed by atoms with E-state index >= 15 is 0 Å². The predicted molar refractivity (Wildman–Crippen MR) is 68.0 cm³/mol. The molecule has 3 nitrogen and oxygen atoms in total. The number of nitrogens with zero attached hydrogens (tertiary/aromatic N) is 2. The lowest BCUT2D eigenvalue weighted by molar-refractivity contribution is 1.43. The van der Waals surface area contributed by atoms with Crippen LogP contribution in [0.2, 0.25) is 0 Å². The molecule has 0 amide bonds. The Hall–Kier alpha value is -2.60. The van der Waals surface area contributed by atoms with E-state index in [-0.39, 0.29) is 0 Å². The molecular formula is C14H11N3. The van der Waals surface area contributed by atoms with Crippen LogP contribution < -0.4 is 5.73 Å². The normalized spacial score (nSPS) is 10.9. The van der Waals surface area contributed by atoms with Crippen LogP contribution in [0.5, 0.6) is 0 Å². The number of nitrogens with two attached hydrogens (primary N) is 1. The maximum Gasteiger partial charge on any atom is 0.131 e. The Morgan fingerprint density at radius 1 is 1.06 bits per heavy atom. The van der Waals surface area contributed by atoms with Gasteiger partial charge in [-0.3, -0.25) is 0 Å². The minimum absolute atomic E-state index is 0.445. The molecule has 0 spiro atoms. The van der Waals surface area contributed by atoms with E-state index in [0.29, 0.717) is 17.1 Å². The standard InChI is InChI=1S/C14H11N3/c15-10-11-5-4-8-13(9-11)17-14(16)12-6-2-1-3-7-12/h1-9H,(H2,16,17). The van der Waals surface area contributed by atoms with Crippen molar-refractivity contribution in [3.05, 3.63) is 65.7 Å². The summed E-state index contributed by atoms with van der Waals surface area (Å²) in [5.41, 5.74) is 8.02. The van der Waals surface area contributed by atoms with E-state index < -0.39 is 0 Å². The molecule has 0 heterocycles. The van der Waals surface area contributed by atoms with Crippen LogP contribution in [0, 0.1) is 11.3 Å². The highest BCUT2D eigenvalue weighted by Gasteiger charge is 1.98. The third-order valence-corrected chi connectivity index (χ3v) is 2.29. The SMILES string of the molecule is N#Cc1cccc(N=C(N)c2ccccc2)c1. The van der Waals surface area contributed by atoms with E-state index in [0.717, 1.165) is 5.56 Å². The van der Waals surface area contributed by atoms with Gasteiger partial charge in [-0.05, 0) is 18.2 Å². The van der Waals surface area contributed by atoms with Gasteiger partial charge in [0.1, 0.15) is 5.84 Å². The molecule has 0 bridgehead atoms. The van der Waals surface area contributed by atoms with Gasteiger partial charge >= 0.3 is 0 Å². The van der Waals surface area contributed by atoms with Gasteiger partial charge in [0, 0.05) is 5.56 Å². The van der Waals surface area contributed by atoms with Gasteiger partial charge in [0.25, 0.3) is 0 Å². The molecule has 3 heteroatoms. The van der Waals surface area contributed by atoms with Crippen molar-refractivity contribution < 1.29 is 0 Å². The summed E-state index contributed by atoms with van der Waals surface area (Å²) in [4.78, 5) is 4.28. The number of hydrogen-bond donors (Lipinski definition) is 1. The third-order valence-electron chi connectivity index (χ3n) is 2.29. The smallest absolute Gasteiger partial charge is 0.131 e. The lowest BCUT2D eigenvalue weighted by Crippen LogP contribution is -2.12. The molecule has 82 valence electrons. The molecule has 0 aliphatic carbocycles. The summed E-state index contributed by atoms with van der Waals surface area (Å²) < 4.78 is 0. The van der Waals surface area contributed by atoms with E-state index in [1.54, 1.807) is 18.2 Å². The summed E-state index contributed by atoms with van der Waals surface area (Å²) in [7, 11) is 0. The summed E-state index contributed by atoms with van der Waals surface area (Å²) in [6.45, 7) is 0. The van der Waals surface area contributed by atoms with Gasteiger partial charge in [0.05, 0.1) is 17.3 Å². The van der Waals surface area contributed by atoms with Gasteiger partial charge in [-0.15, -0.1) is 0 Å². The zero-order valence-corrected chi connectivity index (χ0v) is 9.17. The van der Waals surface area contributed by atoms with E-state index in [1.807, 2.05) is 36.4 Å². The van der Waals surface area contributed by atoms with Crippen molar-refractivity contribution in [3.63, 3.8) is 0 Å². The molecule has 2 rings (SSSR count). The zero-order chi connectivity index (χ0) is 12.1. The molecule has 0 atom stereocenters. The van der Waals surface area contributed by atoms with E-state index in [2.05, 4.69) is 11.1 Å². The minimum atomic E-state index is 0.445. The van der Waals surface area contributed by atoms with Gasteiger partial charge in [0.2, 0.25) is 0 Å². The molecule has 2 N–H and O–H groups in total. The summed E-state index contributed by atoms with van der Waals surface area (Å²) >= 11 is 0. The van der Waals surface area contributed by atoms with Crippen molar-refractivity contribution in [2.75, 3.05) is 0 Å².